The van der Waals surface area contributed by atoms with Crippen LogP contribution in [0.2, 0.25) is 25.2 Å². The van der Waals surface area contributed by atoms with E-state index in [1.165, 1.54) is 6.92 Å². The van der Waals surface area contributed by atoms with Gasteiger partial charge in [0.05, 0.1) is 28.5 Å². The summed E-state index contributed by atoms with van der Waals surface area (Å²) in [5.41, 5.74) is 1.17. The average Bonchev–Trinajstić information content (AvgIpc) is 3.26. The number of cyclic esters (lactones) is 1. The lowest BCUT2D eigenvalue weighted by molar-refractivity contribution is -0.188. The van der Waals surface area contributed by atoms with Gasteiger partial charge >= 0.3 is 24.0 Å². The highest BCUT2D eigenvalue weighted by Crippen LogP contribution is 2.45. The van der Waals surface area contributed by atoms with Crippen molar-refractivity contribution in [3.05, 3.63) is 63.4 Å². The van der Waals surface area contributed by atoms with E-state index in [4.69, 9.17) is 14.5 Å². The minimum Gasteiger partial charge on any atom is -0.457 e. The van der Waals surface area contributed by atoms with Gasteiger partial charge in [0, 0.05) is 38.1 Å². The zero-order valence-electron chi connectivity index (χ0n) is 25.0. The van der Waals surface area contributed by atoms with Crippen molar-refractivity contribution in [3.63, 3.8) is 0 Å². The zero-order valence-corrected chi connectivity index (χ0v) is 26.0. The maximum Gasteiger partial charge on any atom is 0.471 e. The van der Waals surface area contributed by atoms with E-state index in [9.17, 15) is 32.3 Å². The van der Waals surface area contributed by atoms with Gasteiger partial charge in [-0.3, -0.25) is 19.0 Å². The largest absolute Gasteiger partial charge is 0.471 e. The van der Waals surface area contributed by atoms with Gasteiger partial charge in [-0.15, -0.1) is 0 Å². The van der Waals surface area contributed by atoms with Crippen molar-refractivity contribution in [1.82, 2.24) is 14.9 Å². The second-order valence-corrected chi connectivity index (χ2v) is 17.5. The Morgan fingerprint density at radius 2 is 1.91 bits per heavy atom. The number of aromatic nitrogens is 2. The fraction of sp³-hybridized carbons (Fsp3) is 0.452. The number of benzene rings is 1. The zero-order chi connectivity index (χ0) is 32.0. The molecule has 0 aliphatic carbocycles. The van der Waals surface area contributed by atoms with Crippen LogP contribution in [0.15, 0.2) is 41.2 Å². The van der Waals surface area contributed by atoms with Crippen LogP contribution in [0, 0.1) is 0 Å². The number of hydrogen-bond donors (Lipinski definition) is 1. The molecule has 0 fully saturated rings. The van der Waals surface area contributed by atoms with Crippen LogP contribution >= 0.6 is 0 Å². The van der Waals surface area contributed by atoms with Gasteiger partial charge in [-0.2, -0.15) is 13.2 Å². The highest BCUT2D eigenvalue weighted by atomic mass is 28.3. The number of rotatable bonds is 9. The standard InChI is InChI=1S/C31H34F3N3O6Si/c1-5-30(43-18(2)38)22-16-25-26-20(15-19-9-6-7-10-23(19)36-26)24(37(25)27(39)21(22)17-42-29(30)41)11-14-44(3,4)13-8-12-35-28(40)31(32,33)34/h6-7,9-10,15-16,24H,5,8,11-14,17H2,1-4H3,(H,35,40)/t24?,30-/m0/s1. The van der Waals surface area contributed by atoms with Crippen LogP contribution < -0.4 is 10.9 Å². The quantitative estimate of drug-likeness (QED) is 0.193. The van der Waals surface area contributed by atoms with E-state index in [-0.39, 0.29) is 36.7 Å². The third-order valence-electron chi connectivity index (χ3n) is 8.61. The first-order valence-electron chi connectivity index (χ1n) is 14.6. The Morgan fingerprint density at radius 1 is 1.18 bits per heavy atom. The number of amides is 1. The van der Waals surface area contributed by atoms with Crippen LogP contribution in [0.3, 0.4) is 0 Å². The van der Waals surface area contributed by atoms with Crippen molar-refractivity contribution in [3.8, 4) is 11.4 Å². The summed E-state index contributed by atoms with van der Waals surface area (Å²) in [6, 6.07) is 12.4. The number of esters is 2. The van der Waals surface area contributed by atoms with Crippen molar-refractivity contribution in [2.24, 2.45) is 0 Å². The average molecular weight is 630 g/mol. The molecule has 1 aromatic carbocycles. The second kappa shape index (κ2) is 11.5. The number of fused-ring (bicyclic) bond motifs is 5. The first-order valence-corrected chi connectivity index (χ1v) is 18.0. The Labute approximate surface area is 252 Å². The molecule has 0 radical (unpaired) electrons. The van der Waals surface area contributed by atoms with Crippen LogP contribution in [0.5, 0.6) is 0 Å². The lowest BCUT2D eigenvalue weighted by Crippen LogP contribution is -2.47. The third-order valence-corrected chi connectivity index (χ3v) is 12.0. The fourth-order valence-corrected chi connectivity index (χ4v) is 8.74. The molecular weight excluding hydrogens is 595 g/mol. The van der Waals surface area contributed by atoms with Crippen LogP contribution in [0.25, 0.3) is 22.3 Å². The number of carbonyl (C=O) groups is 3. The summed E-state index contributed by atoms with van der Waals surface area (Å²) in [5.74, 6) is -3.35. The minimum atomic E-state index is -4.91. The predicted molar refractivity (Wildman–Crippen MR) is 159 cm³/mol. The monoisotopic (exact) mass is 629 g/mol. The number of halogens is 3. The van der Waals surface area contributed by atoms with E-state index < -0.39 is 37.7 Å². The first-order chi connectivity index (χ1) is 20.7. The molecule has 2 atom stereocenters. The molecule has 4 heterocycles. The summed E-state index contributed by atoms with van der Waals surface area (Å²) in [6.45, 7) is 6.85. The Kier molecular flexibility index (Phi) is 8.21. The van der Waals surface area contributed by atoms with Crippen LogP contribution in [0.1, 0.15) is 55.8 Å². The van der Waals surface area contributed by atoms with Gasteiger partial charge in [0.25, 0.3) is 5.56 Å². The smallest absolute Gasteiger partial charge is 0.457 e. The molecule has 1 N–H and O–H groups in total. The Bertz CT molecular complexity index is 1720. The molecule has 3 aromatic rings. The van der Waals surface area contributed by atoms with Gasteiger partial charge in [-0.1, -0.05) is 50.3 Å². The van der Waals surface area contributed by atoms with Crippen LogP contribution in [0.4, 0.5) is 13.2 Å². The SMILES string of the molecule is CC[C@@]1(OC(C)=O)C(=O)OCc2c1cc1n(c2=O)C(CC[Si](C)(C)CCCNC(=O)C(F)(F)F)c2cc3ccccc3nc2-1. The number of ether oxygens (including phenoxy) is 2. The van der Waals surface area contributed by atoms with Crippen molar-refractivity contribution < 1.29 is 37.0 Å². The van der Waals surface area contributed by atoms with Gasteiger partial charge in [-0.05, 0) is 37.5 Å². The Morgan fingerprint density at radius 3 is 2.59 bits per heavy atom. The van der Waals surface area contributed by atoms with Crippen molar-refractivity contribution >= 4 is 36.8 Å². The molecule has 0 bridgehead atoms. The van der Waals surface area contributed by atoms with Crippen LogP contribution in [-0.2, 0) is 36.1 Å². The summed E-state index contributed by atoms with van der Waals surface area (Å²) in [5, 5.41) is 2.84. The first kappa shape index (κ1) is 31.4. The van der Waals surface area contributed by atoms with Crippen LogP contribution in [-0.4, -0.2) is 48.2 Å². The number of para-hydroxylation sites is 1. The number of carbonyl (C=O) groups excluding carboxylic acids is 3. The van der Waals surface area contributed by atoms with Gasteiger partial charge in [0.15, 0.2) is 0 Å². The second-order valence-electron chi connectivity index (χ2n) is 12.1. The highest BCUT2D eigenvalue weighted by Gasteiger charge is 2.50. The highest BCUT2D eigenvalue weighted by molar-refractivity contribution is 6.77. The number of nitrogens with zero attached hydrogens (tertiary/aromatic N) is 2. The molecule has 44 heavy (non-hydrogen) atoms. The molecule has 2 aliphatic rings. The maximum atomic E-state index is 14.2. The van der Waals surface area contributed by atoms with Gasteiger partial charge in [-0.25, -0.2) is 9.78 Å². The molecule has 5 rings (SSSR count). The summed E-state index contributed by atoms with van der Waals surface area (Å²) < 4.78 is 50.3. The van der Waals surface area contributed by atoms with Crippen molar-refractivity contribution in [1.29, 1.82) is 0 Å². The van der Waals surface area contributed by atoms with Gasteiger partial charge in [0.1, 0.15) is 6.61 Å². The van der Waals surface area contributed by atoms with E-state index in [1.807, 2.05) is 35.6 Å². The molecule has 234 valence electrons. The summed E-state index contributed by atoms with van der Waals surface area (Å²) in [7, 11) is -1.98. The van der Waals surface area contributed by atoms with E-state index in [2.05, 4.69) is 13.1 Å². The van der Waals surface area contributed by atoms with Crippen molar-refractivity contribution in [2.75, 3.05) is 6.54 Å². The summed E-state index contributed by atoms with van der Waals surface area (Å²) >= 11 is 0. The molecular formula is C31H34F3N3O6Si. The molecule has 2 aliphatic heterocycles. The molecule has 1 amide bonds. The maximum absolute atomic E-state index is 14.2. The topological polar surface area (TPSA) is 117 Å². The van der Waals surface area contributed by atoms with Gasteiger partial charge in [0.2, 0.25) is 5.60 Å². The van der Waals surface area contributed by atoms with Crippen molar-refractivity contribution in [2.45, 2.75) is 82.7 Å². The molecule has 13 heteroatoms. The molecule has 1 unspecified atom stereocenters. The molecule has 0 saturated carbocycles. The number of alkyl halides is 3. The fourth-order valence-electron chi connectivity index (χ4n) is 6.30. The lowest BCUT2D eigenvalue weighted by Gasteiger charge is -2.35. The molecule has 9 nitrogen and oxygen atoms in total. The van der Waals surface area contributed by atoms with E-state index in [0.717, 1.165) is 22.5 Å². The number of nitrogens with one attached hydrogen (secondary N) is 1. The molecule has 2 aromatic heterocycles. The van der Waals surface area contributed by atoms with E-state index in [0.29, 0.717) is 35.8 Å². The lowest BCUT2D eigenvalue weighted by atomic mass is 9.85. The normalized spacial score (nSPS) is 19.2. The Balaban J connectivity index is 1.52. The number of hydrogen-bond acceptors (Lipinski definition) is 7. The molecule has 0 saturated heterocycles. The molecule has 0 spiro atoms. The minimum absolute atomic E-state index is 0.0639. The number of pyridine rings is 2. The summed E-state index contributed by atoms with van der Waals surface area (Å²) in [4.78, 5) is 55.5. The van der Waals surface area contributed by atoms with E-state index in [1.54, 1.807) is 17.6 Å². The predicted octanol–water partition coefficient (Wildman–Crippen LogP) is 5.36. The van der Waals surface area contributed by atoms with E-state index >= 15 is 0 Å². The summed E-state index contributed by atoms with van der Waals surface area (Å²) in [6.07, 6.45) is -3.84. The third kappa shape index (κ3) is 5.64. The van der Waals surface area contributed by atoms with Gasteiger partial charge < -0.3 is 14.8 Å². The Hall–Kier alpha value is -4.00.